The quantitative estimate of drug-likeness (QED) is 0.741. The molecule has 0 radical (unpaired) electrons. The maximum Gasteiger partial charge on any atom is 0.122 e. The third-order valence-electron chi connectivity index (χ3n) is 1.91. The molecule has 0 aliphatic heterocycles. The summed E-state index contributed by atoms with van der Waals surface area (Å²) in [6.45, 7) is 2.15. The molecule has 2 nitrogen and oxygen atoms in total. The number of methoxy groups -OCH3 is 1. The van der Waals surface area contributed by atoms with Gasteiger partial charge in [0.15, 0.2) is 0 Å². The van der Waals surface area contributed by atoms with Crippen LogP contribution in [0.5, 0.6) is 5.75 Å². The van der Waals surface area contributed by atoms with Crippen LogP contribution in [0.15, 0.2) is 18.2 Å². The van der Waals surface area contributed by atoms with Crippen LogP contribution in [0.25, 0.3) is 0 Å². The molecule has 1 rings (SSSR count). The van der Waals surface area contributed by atoms with Gasteiger partial charge in [-0.15, -0.1) is 0 Å². The molecule has 0 unspecified atom stereocenters. The third kappa shape index (κ3) is 1.77. The Labute approximate surface area is 72.8 Å². The molecular formula is C10H14O2. The van der Waals surface area contributed by atoms with Crippen LogP contribution in [0.2, 0.25) is 0 Å². The van der Waals surface area contributed by atoms with Crippen molar-refractivity contribution in [3.05, 3.63) is 29.3 Å². The zero-order valence-corrected chi connectivity index (χ0v) is 7.50. The number of hydrogen-bond donors (Lipinski definition) is 1. The van der Waals surface area contributed by atoms with E-state index in [1.165, 1.54) is 5.56 Å². The van der Waals surface area contributed by atoms with Crippen LogP contribution >= 0.6 is 0 Å². The number of aliphatic hydroxyl groups is 1. The summed E-state index contributed by atoms with van der Waals surface area (Å²) in [6, 6.07) is 5.78. The number of benzene rings is 1. The summed E-state index contributed by atoms with van der Waals surface area (Å²) in [6.07, 6.45) is 0.953. The SMILES string of the molecule is CCc1ccc(CO)cc1OC. The summed E-state index contributed by atoms with van der Waals surface area (Å²) >= 11 is 0. The Morgan fingerprint density at radius 2 is 2.17 bits per heavy atom. The minimum Gasteiger partial charge on any atom is -0.496 e. The summed E-state index contributed by atoms with van der Waals surface area (Å²) in [4.78, 5) is 0. The van der Waals surface area contributed by atoms with E-state index in [9.17, 15) is 0 Å². The van der Waals surface area contributed by atoms with Gasteiger partial charge < -0.3 is 9.84 Å². The second kappa shape index (κ2) is 4.12. The molecule has 0 saturated heterocycles. The van der Waals surface area contributed by atoms with Gasteiger partial charge in [0.05, 0.1) is 13.7 Å². The minimum atomic E-state index is 0.0698. The molecule has 66 valence electrons. The van der Waals surface area contributed by atoms with Gasteiger partial charge in [-0.2, -0.15) is 0 Å². The van der Waals surface area contributed by atoms with Crippen LogP contribution in [0.3, 0.4) is 0 Å². The van der Waals surface area contributed by atoms with Crippen LogP contribution in [0.1, 0.15) is 18.1 Å². The first-order chi connectivity index (χ1) is 5.81. The first-order valence-electron chi connectivity index (χ1n) is 4.08. The van der Waals surface area contributed by atoms with Crippen molar-refractivity contribution in [2.24, 2.45) is 0 Å². The van der Waals surface area contributed by atoms with Gasteiger partial charge in [0, 0.05) is 0 Å². The molecule has 0 saturated carbocycles. The van der Waals surface area contributed by atoms with Crippen molar-refractivity contribution >= 4 is 0 Å². The van der Waals surface area contributed by atoms with Crippen molar-refractivity contribution in [3.63, 3.8) is 0 Å². The van der Waals surface area contributed by atoms with E-state index >= 15 is 0 Å². The van der Waals surface area contributed by atoms with Crippen LogP contribution in [-0.4, -0.2) is 12.2 Å². The molecular weight excluding hydrogens is 152 g/mol. The first-order valence-corrected chi connectivity index (χ1v) is 4.08. The zero-order valence-electron chi connectivity index (χ0n) is 7.50. The van der Waals surface area contributed by atoms with Crippen LogP contribution in [-0.2, 0) is 13.0 Å². The normalized spacial score (nSPS) is 9.92. The number of aryl methyl sites for hydroxylation is 1. The Hall–Kier alpha value is -1.02. The fraction of sp³-hybridized carbons (Fsp3) is 0.400. The maximum absolute atomic E-state index is 8.87. The van der Waals surface area contributed by atoms with Gasteiger partial charge >= 0.3 is 0 Å². The standard InChI is InChI=1S/C10H14O2/c1-3-9-5-4-8(7-11)6-10(9)12-2/h4-6,11H,3,7H2,1-2H3. The van der Waals surface area contributed by atoms with Crippen molar-refractivity contribution in [3.8, 4) is 5.75 Å². The largest absolute Gasteiger partial charge is 0.496 e. The highest BCUT2D eigenvalue weighted by Gasteiger charge is 2.00. The average molecular weight is 166 g/mol. The van der Waals surface area contributed by atoms with E-state index in [4.69, 9.17) is 9.84 Å². The summed E-state index contributed by atoms with van der Waals surface area (Å²) in [7, 11) is 1.65. The van der Waals surface area contributed by atoms with Crippen LogP contribution in [0, 0.1) is 0 Å². The molecule has 0 spiro atoms. The minimum absolute atomic E-state index is 0.0698. The molecule has 12 heavy (non-hydrogen) atoms. The second-order valence-electron chi connectivity index (χ2n) is 2.66. The van der Waals surface area contributed by atoms with Crippen molar-refractivity contribution in [2.75, 3.05) is 7.11 Å². The lowest BCUT2D eigenvalue weighted by Crippen LogP contribution is -1.92. The molecule has 0 amide bonds. The molecule has 1 aromatic rings. The van der Waals surface area contributed by atoms with E-state index in [1.54, 1.807) is 7.11 Å². The Morgan fingerprint density at radius 3 is 2.67 bits per heavy atom. The van der Waals surface area contributed by atoms with E-state index in [0.29, 0.717) is 0 Å². The highest BCUT2D eigenvalue weighted by atomic mass is 16.5. The molecule has 0 atom stereocenters. The predicted octanol–water partition coefficient (Wildman–Crippen LogP) is 1.75. The fourth-order valence-electron chi connectivity index (χ4n) is 1.18. The monoisotopic (exact) mass is 166 g/mol. The van der Waals surface area contributed by atoms with Gasteiger partial charge in [-0.05, 0) is 23.6 Å². The van der Waals surface area contributed by atoms with Crippen molar-refractivity contribution in [2.45, 2.75) is 20.0 Å². The van der Waals surface area contributed by atoms with E-state index in [-0.39, 0.29) is 6.61 Å². The molecule has 0 heterocycles. The molecule has 0 bridgehead atoms. The molecule has 0 aliphatic carbocycles. The molecule has 2 heteroatoms. The molecule has 1 aromatic carbocycles. The number of rotatable bonds is 3. The van der Waals surface area contributed by atoms with E-state index in [1.807, 2.05) is 18.2 Å². The third-order valence-corrected chi connectivity index (χ3v) is 1.91. The van der Waals surface area contributed by atoms with Gasteiger partial charge in [-0.3, -0.25) is 0 Å². The zero-order chi connectivity index (χ0) is 8.97. The summed E-state index contributed by atoms with van der Waals surface area (Å²) in [5.41, 5.74) is 2.07. The van der Waals surface area contributed by atoms with Crippen molar-refractivity contribution in [1.82, 2.24) is 0 Å². The van der Waals surface area contributed by atoms with E-state index in [2.05, 4.69) is 6.92 Å². The molecule has 0 aliphatic rings. The number of ether oxygens (including phenoxy) is 1. The lowest BCUT2D eigenvalue weighted by atomic mass is 10.1. The van der Waals surface area contributed by atoms with E-state index in [0.717, 1.165) is 17.7 Å². The maximum atomic E-state index is 8.87. The summed E-state index contributed by atoms with van der Waals surface area (Å²) < 4.78 is 5.17. The topological polar surface area (TPSA) is 29.5 Å². The van der Waals surface area contributed by atoms with Crippen LogP contribution in [0.4, 0.5) is 0 Å². The lowest BCUT2D eigenvalue weighted by Gasteiger charge is -2.07. The van der Waals surface area contributed by atoms with Gasteiger partial charge in [0.25, 0.3) is 0 Å². The first kappa shape index (κ1) is 9.07. The Morgan fingerprint density at radius 1 is 1.42 bits per heavy atom. The second-order valence-corrected chi connectivity index (χ2v) is 2.66. The van der Waals surface area contributed by atoms with Gasteiger partial charge in [0.1, 0.15) is 5.75 Å². The average Bonchev–Trinajstić information content (AvgIpc) is 2.16. The summed E-state index contributed by atoms with van der Waals surface area (Å²) in [5.74, 6) is 0.865. The highest BCUT2D eigenvalue weighted by molar-refractivity contribution is 5.37. The van der Waals surface area contributed by atoms with Crippen molar-refractivity contribution in [1.29, 1.82) is 0 Å². The smallest absolute Gasteiger partial charge is 0.122 e. The number of hydrogen-bond acceptors (Lipinski definition) is 2. The van der Waals surface area contributed by atoms with Gasteiger partial charge in [-0.1, -0.05) is 19.1 Å². The molecule has 0 aromatic heterocycles. The Kier molecular flexibility index (Phi) is 3.11. The fourth-order valence-corrected chi connectivity index (χ4v) is 1.18. The highest BCUT2D eigenvalue weighted by Crippen LogP contribution is 2.20. The summed E-state index contributed by atoms with van der Waals surface area (Å²) in [5, 5.41) is 8.87. The van der Waals surface area contributed by atoms with Gasteiger partial charge in [0.2, 0.25) is 0 Å². The van der Waals surface area contributed by atoms with Crippen molar-refractivity contribution < 1.29 is 9.84 Å². The Bertz CT molecular complexity index is 256. The molecule has 0 fully saturated rings. The predicted molar refractivity (Wildman–Crippen MR) is 48.3 cm³/mol. The van der Waals surface area contributed by atoms with Crippen LogP contribution < -0.4 is 4.74 Å². The number of aliphatic hydroxyl groups excluding tert-OH is 1. The molecule has 1 N–H and O–H groups in total. The van der Waals surface area contributed by atoms with E-state index < -0.39 is 0 Å². The van der Waals surface area contributed by atoms with Gasteiger partial charge in [-0.25, -0.2) is 0 Å². The lowest BCUT2D eigenvalue weighted by molar-refractivity contribution is 0.281. The Balaban J connectivity index is 3.02.